The zero-order valence-electron chi connectivity index (χ0n) is 19.1. The first kappa shape index (κ1) is 26.3. The molecule has 0 aromatic heterocycles. The van der Waals surface area contributed by atoms with Crippen LogP contribution in [0.3, 0.4) is 0 Å². The second-order valence-corrected chi connectivity index (χ2v) is 10.5. The number of hydrogen-bond acceptors (Lipinski definition) is 4. The maximum Gasteiger partial charge on any atom is 0.253 e. The van der Waals surface area contributed by atoms with E-state index in [0.29, 0.717) is 40.7 Å². The van der Waals surface area contributed by atoms with Crippen molar-refractivity contribution >= 4 is 57.0 Å². The number of methoxy groups -OCH3 is 1. The Bertz CT molecular complexity index is 1110. The van der Waals surface area contributed by atoms with Crippen molar-refractivity contribution in [3.05, 3.63) is 90.6 Å². The van der Waals surface area contributed by atoms with Gasteiger partial charge in [0.2, 0.25) is 0 Å². The molecular formula is C26H26I2N2O4. The summed E-state index contributed by atoms with van der Waals surface area (Å²) in [5, 5.41) is 5.88. The Kier molecular flexibility index (Phi) is 9.57. The van der Waals surface area contributed by atoms with Gasteiger partial charge >= 0.3 is 0 Å². The Morgan fingerprint density at radius 3 is 1.85 bits per heavy atom. The van der Waals surface area contributed by atoms with Gasteiger partial charge < -0.3 is 20.1 Å². The van der Waals surface area contributed by atoms with Crippen LogP contribution in [0.15, 0.2) is 66.7 Å². The third kappa shape index (κ3) is 7.33. The predicted molar refractivity (Wildman–Crippen MR) is 149 cm³/mol. The summed E-state index contributed by atoms with van der Waals surface area (Å²) in [6, 6.07) is 19.9. The van der Waals surface area contributed by atoms with Crippen LogP contribution in [0.1, 0.15) is 46.3 Å². The topological polar surface area (TPSA) is 76.7 Å². The lowest BCUT2D eigenvalue weighted by Gasteiger charge is -2.22. The summed E-state index contributed by atoms with van der Waals surface area (Å²) >= 11 is 4.32. The summed E-state index contributed by atoms with van der Waals surface area (Å²) in [5.41, 5.74) is 1.67. The maximum absolute atomic E-state index is 13.0. The molecule has 6 nitrogen and oxygen atoms in total. The minimum atomic E-state index is -0.788. The zero-order valence-corrected chi connectivity index (χ0v) is 23.4. The van der Waals surface area contributed by atoms with Crippen LogP contribution in [0, 0.1) is 13.1 Å². The van der Waals surface area contributed by atoms with E-state index in [2.05, 4.69) is 69.7 Å². The van der Waals surface area contributed by atoms with Gasteiger partial charge in [-0.15, -0.1) is 0 Å². The Morgan fingerprint density at radius 1 is 0.824 bits per heavy atom. The first-order valence-electron chi connectivity index (χ1n) is 10.7. The summed E-state index contributed by atoms with van der Waals surface area (Å²) in [6.07, 6.45) is -0.788. The summed E-state index contributed by atoms with van der Waals surface area (Å²) in [5.74, 6) is 0.885. The van der Waals surface area contributed by atoms with Crippen LogP contribution in [0.5, 0.6) is 11.5 Å². The quantitative estimate of drug-likeness (QED) is 0.221. The van der Waals surface area contributed by atoms with E-state index < -0.39 is 6.17 Å². The average Bonchev–Trinajstić information content (AvgIpc) is 2.82. The molecule has 3 rings (SSSR count). The van der Waals surface area contributed by atoms with Gasteiger partial charge in [0.05, 0.1) is 13.7 Å². The third-order valence-corrected chi connectivity index (χ3v) is 6.16. The fourth-order valence-electron chi connectivity index (χ4n) is 3.13. The highest BCUT2D eigenvalue weighted by Crippen LogP contribution is 2.30. The van der Waals surface area contributed by atoms with E-state index in [0.717, 1.165) is 7.14 Å². The molecule has 0 heterocycles. The number of ether oxygens (including phenoxy) is 2. The van der Waals surface area contributed by atoms with E-state index in [1.54, 1.807) is 43.5 Å². The molecule has 3 aromatic carbocycles. The molecule has 0 saturated heterocycles. The Morgan fingerprint density at radius 2 is 1.38 bits per heavy atom. The average molecular weight is 684 g/mol. The van der Waals surface area contributed by atoms with Gasteiger partial charge in [-0.1, -0.05) is 32.0 Å². The molecular weight excluding hydrogens is 658 g/mol. The standard InChI is InChI=1S/C26H26I2N2O4/c1-16(2)15-34-22-11-10-17(14-23(22)33-3)24(29-25(31)18-6-4-8-20(27)12-18)30-26(32)19-7-5-9-21(28)13-19/h4-14,16,24H,15H2,1-3H3,(H,29,31)(H,30,32). The number of amides is 2. The van der Waals surface area contributed by atoms with E-state index in [-0.39, 0.29) is 11.8 Å². The highest BCUT2D eigenvalue weighted by Gasteiger charge is 2.21. The van der Waals surface area contributed by atoms with E-state index in [1.165, 1.54) is 0 Å². The van der Waals surface area contributed by atoms with Crippen LogP contribution >= 0.6 is 45.2 Å². The molecule has 2 N–H and O–H groups in total. The Balaban J connectivity index is 1.91. The van der Waals surface area contributed by atoms with E-state index >= 15 is 0 Å². The number of nitrogens with one attached hydrogen (secondary N) is 2. The van der Waals surface area contributed by atoms with Gasteiger partial charge in [0.25, 0.3) is 11.8 Å². The molecule has 0 saturated carbocycles. The summed E-state index contributed by atoms with van der Waals surface area (Å²) in [7, 11) is 1.56. The number of hydrogen-bond donors (Lipinski definition) is 2. The van der Waals surface area contributed by atoms with Gasteiger partial charge in [0.15, 0.2) is 11.5 Å². The van der Waals surface area contributed by atoms with E-state index in [9.17, 15) is 9.59 Å². The first-order chi connectivity index (χ1) is 16.3. The third-order valence-electron chi connectivity index (χ3n) is 4.82. The van der Waals surface area contributed by atoms with Gasteiger partial charge in [0, 0.05) is 18.3 Å². The van der Waals surface area contributed by atoms with Crippen molar-refractivity contribution < 1.29 is 19.1 Å². The van der Waals surface area contributed by atoms with Crippen molar-refractivity contribution in [1.29, 1.82) is 0 Å². The zero-order chi connectivity index (χ0) is 24.7. The van der Waals surface area contributed by atoms with Crippen LogP contribution < -0.4 is 20.1 Å². The lowest BCUT2D eigenvalue weighted by atomic mass is 10.1. The molecule has 3 aromatic rings. The van der Waals surface area contributed by atoms with Crippen molar-refractivity contribution in [3.63, 3.8) is 0 Å². The smallest absolute Gasteiger partial charge is 0.253 e. The largest absolute Gasteiger partial charge is 0.493 e. The normalized spacial score (nSPS) is 10.8. The Labute approximate surface area is 227 Å². The van der Waals surface area contributed by atoms with Crippen molar-refractivity contribution in [1.82, 2.24) is 10.6 Å². The summed E-state index contributed by atoms with van der Waals surface area (Å²) in [4.78, 5) is 26.1. The molecule has 178 valence electrons. The SMILES string of the molecule is COc1cc(C(NC(=O)c2cccc(I)c2)NC(=O)c2cccc(I)c2)ccc1OCC(C)C. The predicted octanol–water partition coefficient (Wildman–Crippen LogP) is 5.80. The minimum Gasteiger partial charge on any atom is -0.493 e. The first-order valence-corrected chi connectivity index (χ1v) is 12.9. The molecule has 0 aliphatic heterocycles. The van der Waals surface area contributed by atoms with Gasteiger partial charge in [0.1, 0.15) is 6.17 Å². The van der Waals surface area contributed by atoms with Crippen molar-refractivity contribution in [2.45, 2.75) is 20.0 Å². The van der Waals surface area contributed by atoms with E-state index in [1.807, 2.05) is 30.3 Å². The van der Waals surface area contributed by atoms with Crippen LogP contribution in [0.2, 0.25) is 0 Å². The number of carbonyl (C=O) groups excluding carboxylic acids is 2. The number of halogens is 2. The summed E-state index contributed by atoms with van der Waals surface area (Å²) in [6.45, 7) is 4.68. The molecule has 0 fully saturated rings. The number of carbonyl (C=O) groups is 2. The lowest BCUT2D eigenvalue weighted by Crippen LogP contribution is -2.41. The van der Waals surface area contributed by atoms with Gasteiger partial charge in [-0.05, 0) is 105 Å². The second kappa shape index (κ2) is 12.4. The number of rotatable bonds is 9. The van der Waals surface area contributed by atoms with Crippen LogP contribution in [-0.2, 0) is 0 Å². The molecule has 0 radical (unpaired) electrons. The van der Waals surface area contributed by atoms with Gasteiger partial charge in [-0.2, -0.15) is 0 Å². The molecule has 0 aliphatic carbocycles. The van der Waals surface area contributed by atoms with Gasteiger partial charge in [-0.25, -0.2) is 0 Å². The molecule has 0 unspecified atom stereocenters. The Hall–Kier alpha value is -2.34. The van der Waals surface area contributed by atoms with Gasteiger partial charge in [-0.3, -0.25) is 9.59 Å². The molecule has 2 amide bonds. The van der Waals surface area contributed by atoms with Crippen molar-refractivity contribution in [3.8, 4) is 11.5 Å². The minimum absolute atomic E-state index is 0.300. The van der Waals surface area contributed by atoms with Crippen LogP contribution in [0.25, 0.3) is 0 Å². The summed E-state index contributed by atoms with van der Waals surface area (Å²) < 4.78 is 13.3. The number of benzene rings is 3. The van der Waals surface area contributed by atoms with Crippen molar-refractivity contribution in [2.24, 2.45) is 5.92 Å². The molecule has 8 heteroatoms. The lowest BCUT2D eigenvalue weighted by molar-refractivity contribution is 0.0883. The molecule has 0 aliphatic rings. The van der Waals surface area contributed by atoms with Crippen LogP contribution in [0.4, 0.5) is 0 Å². The van der Waals surface area contributed by atoms with Crippen molar-refractivity contribution in [2.75, 3.05) is 13.7 Å². The highest BCUT2D eigenvalue weighted by atomic mass is 127. The monoisotopic (exact) mass is 684 g/mol. The fourth-order valence-corrected chi connectivity index (χ4v) is 4.22. The fraction of sp³-hybridized carbons (Fsp3) is 0.231. The molecule has 34 heavy (non-hydrogen) atoms. The molecule has 0 atom stereocenters. The maximum atomic E-state index is 13.0. The molecule has 0 bridgehead atoms. The second-order valence-electron chi connectivity index (χ2n) is 8.02. The van der Waals surface area contributed by atoms with Crippen LogP contribution in [-0.4, -0.2) is 25.5 Å². The van der Waals surface area contributed by atoms with E-state index in [4.69, 9.17) is 9.47 Å². The highest BCUT2D eigenvalue weighted by molar-refractivity contribution is 14.1. The molecule has 0 spiro atoms.